The summed E-state index contributed by atoms with van der Waals surface area (Å²) < 4.78 is 5.52. The van der Waals surface area contributed by atoms with Crippen molar-refractivity contribution in [3.8, 4) is 0 Å². The largest absolute Gasteiger partial charge is 0.379 e. The second kappa shape index (κ2) is 13.1. The molecule has 1 N–H and O–H groups in total. The summed E-state index contributed by atoms with van der Waals surface area (Å²) in [5, 5.41) is 3.51. The first-order chi connectivity index (χ1) is 15.2. The molecular weight excluding hydrogens is 515 g/mol. The number of piperazine rings is 1. The lowest BCUT2D eigenvalue weighted by molar-refractivity contribution is 0.0195. The van der Waals surface area contributed by atoms with Crippen LogP contribution in [0.5, 0.6) is 0 Å². The maximum atomic E-state index is 5.52. The molecule has 0 saturated carbocycles. The summed E-state index contributed by atoms with van der Waals surface area (Å²) in [7, 11) is 2.21. The lowest BCUT2D eigenvalue weighted by Crippen LogP contribution is -2.46. The first kappa shape index (κ1) is 25.7. The Morgan fingerprint density at radius 1 is 1.00 bits per heavy atom. The highest BCUT2D eigenvalue weighted by molar-refractivity contribution is 14.0. The van der Waals surface area contributed by atoms with E-state index in [9.17, 15) is 0 Å². The van der Waals surface area contributed by atoms with Gasteiger partial charge in [0.2, 0.25) is 0 Å². The lowest BCUT2D eigenvalue weighted by Gasteiger charge is -2.32. The van der Waals surface area contributed by atoms with Gasteiger partial charge < -0.3 is 19.9 Å². The van der Waals surface area contributed by atoms with Gasteiger partial charge in [-0.2, -0.15) is 0 Å². The van der Waals surface area contributed by atoms with Gasteiger partial charge in [0.1, 0.15) is 0 Å². The van der Waals surface area contributed by atoms with Crippen LogP contribution in [0, 0.1) is 0 Å². The zero-order chi connectivity index (χ0) is 21.5. The van der Waals surface area contributed by atoms with E-state index in [0.29, 0.717) is 6.04 Å². The van der Waals surface area contributed by atoms with Gasteiger partial charge in [0.05, 0.1) is 19.8 Å². The van der Waals surface area contributed by atoms with Crippen molar-refractivity contribution in [2.45, 2.75) is 32.5 Å². The van der Waals surface area contributed by atoms with Gasteiger partial charge in [-0.3, -0.25) is 9.80 Å². The Morgan fingerprint density at radius 2 is 1.69 bits per heavy atom. The topological polar surface area (TPSA) is 46.6 Å². The summed E-state index contributed by atoms with van der Waals surface area (Å²) in [4.78, 5) is 15.0. The van der Waals surface area contributed by atoms with Gasteiger partial charge in [0, 0.05) is 71.5 Å². The number of guanidine groups is 1. The average molecular weight is 557 g/mol. The fourth-order valence-corrected chi connectivity index (χ4v) is 4.78. The van der Waals surface area contributed by atoms with Gasteiger partial charge in [-0.25, -0.2) is 4.99 Å². The number of hydrogen-bond acceptors (Lipinski definition) is 5. The minimum Gasteiger partial charge on any atom is -0.379 e. The number of benzene rings is 1. The number of halogens is 1. The zero-order valence-corrected chi connectivity index (χ0v) is 22.2. The van der Waals surface area contributed by atoms with Gasteiger partial charge in [-0.15, -0.1) is 24.0 Å². The molecule has 3 aliphatic heterocycles. The number of nitrogens with one attached hydrogen (secondary N) is 1. The first-order valence-electron chi connectivity index (χ1n) is 12.0. The van der Waals surface area contributed by atoms with Crippen LogP contribution in [0.1, 0.15) is 24.5 Å². The third kappa shape index (κ3) is 7.28. The fourth-order valence-electron chi connectivity index (χ4n) is 4.78. The van der Waals surface area contributed by atoms with Gasteiger partial charge in [-0.05, 0) is 31.5 Å². The molecule has 0 spiro atoms. The number of likely N-dealkylation sites (tertiary alicyclic amines) is 1. The normalized spacial score (nSPS) is 23.9. The number of rotatable bonds is 6. The Balaban J connectivity index is 0.00000289. The summed E-state index contributed by atoms with van der Waals surface area (Å²) in [5.74, 6) is 1.06. The highest BCUT2D eigenvalue weighted by Crippen LogP contribution is 2.17. The quantitative estimate of drug-likeness (QED) is 0.329. The summed E-state index contributed by atoms with van der Waals surface area (Å²) in [6.07, 6.45) is 1.21. The molecule has 3 aliphatic rings. The van der Waals surface area contributed by atoms with Crippen molar-refractivity contribution in [2.24, 2.45) is 4.99 Å². The third-order valence-electron chi connectivity index (χ3n) is 6.80. The Morgan fingerprint density at radius 3 is 2.38 bits per heavy atom. The van der Waals surface area contributed by atoms with Crippen LogP contribution in [-0.4, -0.2) is 111 Å². The van der Waals surface area contributed by atoms with Crippen molar-refractivity contribution in [3.05, 3.63) is 35.4 Å². The highest BCUT2D eigenvalue weighted by Gasteiger charge is 2.30. The van der Waals surface area contributed by atoms with Crippen LogP contribution in [0.25, 0.3) is 0 Å². The van der Waals surface area contributed by atoms with Gasteiger partial charge >= 0.3 is 0 Å². The molecule has 3 saturated heterocycles. The van der Waals surface area contributed by atoms with Crippen molar-refractivity contribution in [1.82, 2.24) is 24.9 Å². The number of aliphatic imine (C=N–C) groups is 1. The maximum absolute atomic E-state index is 5.52. The van der Waals surface area contributed by atoms with Crippen molar-refractivity contribution in [3.63, 3.8) is 0 Å². The Hall–Kier alpha value is -0.940. The molecular formula is C24H41IN6O. The van der Waals surface area contributed by atoms with Crippen LogP contribution >= 0.6 is 24.0 Å². The molecule has 1 atom stereocenters. The van der Waals surface area contributed by atoms with E-state index >= 15 is 0 Å². The smallest absolute Gasteiger partial charge is 0.194 e. The molecule has 8 heteroatoms. The molecule has 3 heterocycles. The predicted octanol–water partition coefficient (Wildman–Crippen LogP) is 1.92. The lowest BCUT2D eigenvalue weighted by atomic mass is 10.1. The zero-order valence-electron chi connectivity index (χ0n) is 19.8. The SMILES string of the molecule is CCNC(=NCc1ccc(CN2CCN(C)CC2)cc1)N1CCC(N2CCOCC2)C1.I. The molecule has 1 aromatic carbocycles. The van der Waals surface area contributed by atoms with Gasteiger partial charge in [-0.1, -0.05) is 24.3 Å². The highest BCUT2D eigenvalue weighted by atomic mass is 127. The second-order valence-corrected chi connectivity index (χ2v) is 9.10. The molecule has 1 unspecified atom stereocenters. The molecule has 32 heavy (non-hydrogen) atoms. The molecule has 4 rings (SSSR count). The molecule has 0 radical (unpaired) electrons. The average Bonchev–Trinajstić information content (AvgIpc) is 3.30. The Labute approximate surface area is 211 Å². The van der Waals surface area contributed by atoms with Crippen LogP contribution in [0.15, 0.2) is 29.3 Å². The first-order valence-corrected chi connectivity index (χ1v) is 12.0. The molecule has 0 bridgehead atoms. The molecule has 3 fully saturated rings. The van der Waals surface area contributed by atoms with E-state index < -0.39 is 0 Å². The van der Waals surface area contributed by atoms with E-state index in [1.807, 2.05) is 0 Å². The van der Waals surface area contributed by atoms with Gasteiger partial charge in [0.15, 0.2) is 5.96 Å². The molecule has 0 aliphatic carbocycles. The van der Waals surface area contributed by atoms with Crippen molar-refractivity contribution in [2.75, 3.05) is 79.2 Å². The Kier molecular flexibility index (Phi) is 10.5. The number of morpholine rings is 1. The second-order valence-electron chi connectivity index (χ2n) is 9.10. The standard InChI is InChI=1S/C24H40N6O.HI/c1-3-25-24(30-9-8-23(20-30)29-14-16-31-17-15-29)26-18-21-4-6-22(7-5-21)19-28-12-10-27(2)11-13-28;/h4-7,23H,3,8-20H2,1-2H3,(H,25,26);1H. The maximum Gasteiger partial charge on any atom is 0.194 e. The van der Waals surface area contributed by atoms with Crippen LogP contribution in [0.2, 0.25) is 0 Å². The number of nitrogens with zero attached hydrogens (tertiary/aromatic N) is 5. The summed E-state index contributed by atoms with van der Waals surface area (Å²) in [6, 6.07) is 9.68. The van der Waals surface area contributed by atoms with Crippen LogP contribution in [0.4, 0.5) is 0 Å². The van der Waals surface area contributed by atoms with Crippen LogP contribution in [0.3, 0.4) is 0 Å². The summed E-state index contributed by atoms with van der Waals surface area (Å²) in [6.45, 7) is 15.5. The molecule has 0 amide bonds. The molecule has 180 valence electrons. The monoisotopic (exact) mass is 556 g/mol. The Bertz CT molecular complexity index is 701. The van der Waals surface area contributed by atoms with E-state index in [1.54, 1.807) is 0 Å². The minimum atomic E-state index is 0. The van der Waals surface area contributed by atoms with E-state index in [4.69, 9.17) is 9.73 Å². The van der Waals surface area contributed by atoms with Crippen LogP contribution < -0.4 is 5.32 Å². The predicted molar refractivity (Wildman–Crippen MR) is 142 cm³/mol. The molecule has 1 aromatic rings. The fraction of sp³-hybridized carbons (Fsp3) is 0.708. The molecule has 0 aromatic heterocycles. The number of likely N-dealkylation sites (N-methyl/N-ethyl adjacent to an activating group) is 1. The third-order valence-corrected chi connectivity index (χ3v) is 6.80. The van der Waals surface area contributed by atoms with Crippen molar-refractivity contribution < 1.29 is 4.74 Å². The van der Waals surface area contributed by atoms with Crippen molar-refractivity contribution in [1.29, 1.82) is 0 Å². The van der Waals surface area contributed by atoms with E-state index in [-0.39, 0.29) is 24.0 Å². The minimum absolute atomic E-state index is 0. The van der Waals surface area contributed by atoms with Gasteiger partial charge in [0.25, 0.3) is 0 Å². The van der Waals surface area contributed by atoms with Crippen molar-refractivity contribution >= 4 is 29.9 Å². The number of ether oxygens (including phenoxy) is 1. The van der Waals surface area contributed by atoms with Crippen LogP contribution in [-0.2, 0) is 17.8 Å². The van der Waals surface area contributed by atoms with E-state index in [0.717, 1.165) is 78.1 Å². The number of hydrogen-bond donors (Lipinski definition) is 1. The summed E-state index contributed by atoms with van der Waals surface area (Å²) in [5.41, 5.74) is 2.68. The van der Waals surface area contributed by atoms with E-state index in [2.05, 4.69) is 63.2 Å². The molecule has 7 nitrogen and oxygen atoms in total. The van der Waals surface area contributed by atoms with E-state index in [1.165, 1.54) is 30.6 Å². The summed E-state index contributed by atoms with van der Waals surface area (Å²) >= 11 is 0.